The van der Waals surface area contributed by atoms with E-state index in [9.17, 15) is 0 Å². The van der Waals surface area contributed by atoms with E-state index in [1.54, 1.807) is 10.7 Å². The monoisotopic (exact) mass is 695 g/mol. The van der Waals surface area contributed by atoms with Crippen LogP contribution in [0.2, 0.25) is 0 Å². The van der Waals surface area contributed by atoms with Crippen molar-refractivity contribution < 1.29 is 4.11 Å². The van der Waals surface area contributed by atoms with Gasteiger partial charge in [-0.1, -0.05) is 133 Å². The van der Waals surface area contributed by atoms with Gasteiger partial charge >= 0.3 is 0 Å². The molecule has 0 saturated carbocycles. The van der Waals surface area contributed by atoms with E-state index < -0.39 is 12.3 Å². The first-order valence-electron chi connectivity index (χ1n) is 19.9. The van der Waals surface area contributed by atoms with Crippen molar-refractivity contribution in [3.63, 3.8) is 0 Å². The van der Waals surface area contributed by atoms with Gasteiger partial charge in [-0.3, -0.25) is 4.57 Å². The fourth-order valence-electron chi connectivity index (χ4n) is 7.95. The van der Waals surface area contributed by atoms with Crippen LogP contribution in [0.5, 0.6) is 0 Å². The largest absolute Gasteiger partial charge is 0.294 e. The molecule has 0 spiro atoms. The van der Waals surface area contributed by atoms with Gasteiger partial charge in [-0.25, -0.2) is 9.67 Å². The van der Waals surface area contributed by atoms with Gasteiger partial charge in [0.2, 0.25) is 0 Å². The van der Waals surface area contributed by atoms with E-state index in [4.69, 9.17) is 9.10 Å². The lowest BCUT2D eigenvalue weighted by atomic mass is 9.77. The van der Waals surface area contributed by atoms with Gasteiger partial charge in [-0.05, 0) is 95.7 Å². The quantitative estimate of drug-likeness (QED) is 0.159. The predicted molar refractivity (Wildman–Crippen MR) is 221 cm³/mol. The average molecular weight is 696 g/mol. The van der Waals surface area contributed by atoms with Gasteiger partial charge < -0.3 is 0 Å². The predicted octanol–water partition coefficient (Wildman–Crippen LogP) is 12.0. The molecule has 5 aromatic carbocycles. The second kappa shape index (κ2) is 12.7. The first-order chi connectivity index (χ1) is 26.6. The molecule has 0 radical (unpaired) electrons. The molecular weight excluding hydrogens is 645 g/mol. The second-order valence-corrected chi connectivity index (χ2v) is 15.9. The Kier molecular flexibility index (Phi) is 7.41. The van der Waals surface area contributed by atoms with E-state index >= 15 is 0 Å². The highest BCUT2D eigenvalue weighted by Gasteiger charge is 2.29. The number of hydrogen-bond donors (Lipinski definition) is 0. The topological polar surface area (TPSA) is 35.6 Å². The van der Waals surface area contributed by atoms with E-state index in [0.717, 1.165) is 44.7 Å². The van der Waals surface area contributed by atoms with Gasteiger partial charge in [0.1, 0.15) is 5.82 Å². The smallest absolute Gasteiger partial charge is 0.137 e. The Morgan fingerprint density at radius 1 is 0.509 bits per heavy atom. The van der Waals surface area contributed by atoms with Gasteiger partial charge in [0, 0.05) is 43.0 Å². The SMILES string of the molecule is [2H]C([2H])([2H])c1cc(C)n(-c2cccc(C(C)(C)c3ccc4c5cc(C(C)(C)c6ccccc6)ccc5n(-c5cc(C(C)(C)c6ccccc6)ccn5)c4c3)c2)n1. The van der Waals surface area contributed by atoms with Crippen LogP contribution in [0, 0.1) is 13.8 Å². The normalized spacial score (nSPS) is 13.6. The third-order valence-electron chi connectivity index (χ3n) is 11.6. The highest BCUT2D eigenvalue weighted by molar-refractivity contribution is 6.09. The Labute approximate surface area is 318 Å². The highest BCUT2D eigenvalue weighted by atomic mass is 15.3. The van der Waals surface area contributed by atoms with Crippen molar-refractivity contribution in [3.05, 3.63) is 190 Å². The van der Waals surface area contributed by atoms with Crippen molar-refractivity contribution in [2.75, 3.05) is 0 Å². The molecule has 53 heavy (non-hydrogen) atoms. The van der Waals surface area contributed by atoms with Crippen LogP contribution in [0.4, 0.5) is 0 Å². The van der Waals surface area contributed by atoms with Crippen LogP contribution in [-0.4, -0.2) is 19.3 Å². The Bertz CT molecular complexity index is 2720. The number of nitrogens with zero attached hydrogens (tertiary/aromatic N) is 4. The molecule has 3 heterocycles. The van der Waals surface area contributed by atoms with E-state index in [-0.39, 0.29) is 16.5 Å². The molecule has 3 aromatic heterocycles. The number of hydrogen-bond acceptors (Lipinski definition) is 2. The van der Waals surface area contributed by atoms with Gasteiger partial charge in [0.05, 0.1) is 22.4 Å². The third-order valence-corrected chi connectivity index (χ3v) is 11.6. The van der Waals surface area contributed by atoms with E-state index in [1.165, 1.54) is 27.6 Å². The minimum Gasteiger partial charge on any atom is -0.294 e. The highest BCUT2D eigenvalue weighted by Crippen LogP contribution is 2.41. The molecule has 0 N–H and O–H groups in total. The molecule has 0 amide bonds. The summed E-state index contributed by atoms with van der Waals surface area (Å²) >= 11 is 0. The number of fused-ring (bicyclic) bond motifs is 3. The van der Waals surface area contributed by atoms with Crippen LogP contribution in [0.1, 0.15) is 90.4 Å². The summed E-state index contributed by atoms with van der Waals surface area (Å²) in [6, 6.07) is 49.4. The van der Waals surface area contributed by atoms with Crippen molar-refractivity contribution >= 4 is 21.8 Å². The minimum absolute atomic E-state index is 0.0955. The average Bonchev–Trinajstić information content (AvgIpc) is 3.76. The van der Waals surface area contributed by atoms with Gasteiger partial charge in [-0.15, -0.1) is 0 Å². The molecule has 4 heteroatoms. The lowest BCUT2D eigenvalue weighted by Crippen LogP contribution is -2.20. The summed E-state index contributed by atoms with van der Waals surface area (Å²) in [5.41, 5.74) is 10.2. The summed E-state index contributed by atoms with van der Waals surface area (Å²) in [6.45, 7) is 13.2. The second-order valence-electron chi connectivity index (χ2n) is 15.9. The Balaban J connectivity index is 1.31. The number of benzene rings is 5. The maximum atomic E-state index is 7.90. The lowest BCUT2D eigenvalue weighted by Gasteiger charge is -2.27. The van der Waals surface area contributed by atoms with Crippen LogP contribution in [0.25, 0.3) is 33.3 Å². The maximum absolute atomic E-state index is 7.90. The van der Waals surface area contributed by atoms with Gasteiger partial charge in [0.15, 0.2) is 0 Å². The van der Waals surface area contributed by atoms with Crippen LogP contribution in [0.15, 0.2) is 146 Å². The molecule has 0 saturated heterocycles. The Hall–Kier alpha value is -5.74. The summed E-state index contributed by atoms with van der Waals surface area (Å²) in [7, 11) is 0. The van der Waals surface area contributed by atoms with Gasteiger partial charge in [-0.2, -0.15) is 5.10 Å². The zero-order chi connectivity index (χ0) is 39.6. The number of pyridine rings is 1. The molecule has 264 valence electrons. The number of rotatable bonds is 8. The third kappa shape index (κ3) is 5.87. The fourth-order valence-corrected chi connectivity index (χ4v) is 7.95. The summed E-state index contributed by atoms with van der Waals surface area (Å²) in [6.07, 6.45) is 1.94. The Morgan fingerprint density at radius 3 is 1.75 bits per heavy atom. The van der Waals surface area contributed by atoms with Crippen molar-refractivity contribution in [3.8, 4) is 11.5 Å². The zero-order valence-electron chi connectivity index (χ0n) is 34.6. The van der Waals surface area contributed by atoms with E-state index in [0.29, 0.717) is 0 Å². The van der Waals surface area contributed by atoms with Crippen LogP contribution in [-0.2, 0) is 16.2 Å². The summed E-state index contributed by atoms with van der Waals surface area (Å²) < 4.78 is 27.8. The number of aryl methyl sites for hydroxylation is 2. The summed E-state index contributed by atoms with van der Waals surface area (Å²) in [4.78, 5) is 5.04. The van der Waals surface area contributed by atoms with Crippen LogP contribution >= 0.6 is 0 Å². The van der Waals surface area contributed by atoms with E-state index in [1.807, 2.05) is 25.3 Å². The molecule has 0 aliphatic heterocycles. The standard InChI is InChI=1S/C49H48N4/c1-33-28-34(2)53(51-33)41-21-15-20-37(29-41)49(7,8)39-22-24-42-43-30-38(47(3,4)35-16-11-9-12-17-35)23-25-44(43)52(45(42)31-39)46-32-40(26-27-50-46)48(5,6)36-18-13-10-14-19-36/h9-32H,1-8H3/i1D3. The van der Waals surface area contributed by atoms with Crippen molar-refractivity contribution in [2.24, 2.45) is 0 Å². The lowest BCUT2D eigenvalue weighted by molar-refractivity contribution is 0.638. The van der Waals surface area contributed by atoms with Crippen molar-refractivity contribution in [2.45, 2.75) is 71.6 Å². The summed E-state index contributed by atoms with van der Waals surface area (Å²) in [5, 5.41) is 6.84. The maximum Gasteiger partial charge on any atom is 0.137 e. The van der Waals surface area contributed by atoms with Crippen molar-refractivity contribution in [1.82, 2.24) is 19.3 Å². The van der Waals surface area contributed by atoms with Crippen LogP contribution < -0.4 is 0 Å². The molecular formula is C49H48N4. The van der Waals surface area contributed by atoms with Crippen molar-refractivity contribution in [1.29, 1.82) is 0 Å². The van der Waals surface area contributed by atoms with Crippen LogP contribution in [0.3, 0.4) is 0 Å². The summed E-state index contributed by atoms with van der Waals surface area (Å²) in [5.74, 6) is 0.873. The molecule has 0 fully saturated rings. The molecule has 0 aliphatic carbocycles. The molecule has 8 aromatic rings. The molecule has 4 nitrogen and oxygen atoms in total. The zero-order valence-corrected chi connectivity index (χ0v) is 31.6. The molecule has 0 atom stereocenters. The minimum atomic E-state index is -2.27. The molecule has 0 unspecified atom stereocenters. The Morgan fingerprint density at radius 2 is 1.09 bits per heavy atom. The molecule has 0 aliphatic rings. The van der Waals surface area contributed by atoms with E-state index in [2.05, 4.69) is 173 Å². The molecule has 0 bridgehead atoms. The fraction of sp³-hybridized carbons (Fsp3) is 0.224. The number of aromatic nitrogens is 4. The first-order valence-corrected chi connectivity index (χ1v) is 18.4. The molecule has 8 rings (SSSR count). The first kappa shape index (κ1) is 30.8. The van der Waals surface area contributed by atoms with Gasteiger partial charge in [0.25, 0.3) is 0 Å².